The minimum absolute atomic E-state index is 0.0174. The van der Waals surface area contributed by atoms with Gasteiger partial charge in [-0.1, -0.05) is 0 Å². The maximum atomic E-state index is 8.77. The lowest BCUT2D eigenvalue weighted by molar-refractivity contribution is 0.474. The highest BCUT2D eigenvalue weighted by Gasteiger charge is 1.93. The summed E-state index contributed by atoms with van der Waals surface area (Å²) in [6.45, 7) is 0. The fraction of sp³-hybridized carbons (Fsp3) is 0. The van der Waals surface area contributed by atoms with Crippen molar-refractivity contribution in [1.29, 1.82) is 5.41 Å². The molecule has 51 valence electrons. The van der Waals surface area contributed by atoms with E-state index in [1.165, 1.54) is 12.1 Å². The van der Waals surface area contributed by atoms with Gasteiger partial charge in [-0.05, 0) is 18.2 Å². The third-order valence-corrected chi connectivity index (χ3v) is 1.11. The van der Waals surface area contributed by atoms with Crippen LogP contribution in [0.25, 0.3) is 0 Å². The van der Waals surface area contributed by atoms with Crippen LogP contribution >= 0.6 is 0 Å². The van der Waals surface area contributed by atoms with Crippen LogP contribution in [0.4, 0.5) is 0 Å². The van der Waals surface area contributed by atoms with E-state index in [0.717, 1.165) is 0 Å². The van der Waals surface area contributed by atoms with Crippen LogP contribution in [0.15, 0.2) is 18.2 Å². The third kappa shape index (κ3) is 1.25. The van der Waals surface area contributed by atoms with Crippen LogP contribution in [0.5, 0.6) is 5.75 Å². The molecule has 0 aliphatic heterocycles. The molecule has 3 nitrogen and oxygen atoms in total. The average molecular weight is 135 g/mol. The number of aromatic hydroxyl groups is 1. The van der Waals surface area contributed by atoms with Gasteiger partial charge in [0.1, 0.15) is 11.6 Å². The van der Waals surface area contributed by atoms with Gasteiger partial charge in [0.15, 0.2) is 0 Å². The lowest BCUT2D eigenvalue weighted by Crippen LogP contribution is -2.10. The monoisotopic (exact) mass is 135 g/mol. The van der Waals surface area contributed by atoms with Crippen molar-refractivity contribution in [2.45, 2.75) is 0 Å². The molecular formula is C7H7N2O. The van der Waals surface area contributed by atoms with Crippen molar-refractivity contribution >= 4 is 5.84 Å². The molecule has 0 atom stereocenters. The van der Waals surface area contributed by atoms with Gasteiger partial charge in [-0.3, -0.25) is 5.41 Å². The molecule has 0 aliphatic carbocycles. The molecule has 0 saturated heterocycles. The van der Waals surface area contributed by atoms with Crippen LogP contribution in [0.3, 0.4) is 0 Å². The summed E-state index contributed by atoms with van der Waals surface area (Å²) in [5.41, 5.74) is 5.71. The SMILES string of the molecule is N=C(N)c1c[c]c(O)cc1. The zero-order valence-corrected chi connectivity index (χ0v) is 5.26. The molecule has 10 heavy (non-hydrogen) atoms. The van der Waals surface area contributed by atoms with Crippen molar-refractivity contribution in [3.63, 3.8) is 0 Å². The smallest absolute Gasteiger partial charge is 0.123 e. The van der Waals surface area contributed by atoms with E-state index in [4.69, 9.17) is 16.2 Å². The molecule has 1 rings (SSSR count). The fourth-order valence-electron chi connectivity index (χ4n) is 0.584. The number of benzene rings is 1. The molecule has 4 N–H and O–H groups in total. The molecule has 0 unspecified atom stereocenters. The number of hydrogen-bond acceptors (Lipinski definition) is 2. The first-order chi connectivity index (χ1) is 4.70. The largest absolute Gasteiger partial charge is 0.507 e. The topological polar surface area (TPSA) is 70.1 Å². The van der Waals surface area contributed by atoms with Gasteiger partial charge in [0.25, 0.3) is 0 Å². The van der Waals surface area contributed by atoms with Crippen molar-refractivity contribution in [1.82, 2.24) is 0 Å². The van der Waals surface area contributed by atoms with Gasteiger partial charge < -0.3 is 10.8 Å². The summed E-state index contributed by atoms with van der Waals surface area (Å²) in [7, 11) is 0. The summed E-state index contributed by atoms with van der Waals surface area (Å²) < 4.78 is 0. The Morgan fingerprint density at radius 1 is 1.60 bits per heavy atom. The quantitative estimate of drug-likeness (QED) is 0.387. The van der Waals surface area contributed by atoms with E-state index in [2.05, 4.69) is 6.07 Å². The first kappa shape index (κ1) is 6.61. The Hall–Kier alpha value is -1.51. The van der Waals surface area contributed by atoms with E-state index in [0.29, 0.717) is 5.56 Å². The number of nitrogens with two attached hydrogens (primary N) is 1. The highest BCUT2D eigenvalue weighted by atomic mass is 16.3. The summed E-state index contributed by atoms with van der Waals surface area (Å²) in [5.74, 6) is 0.0428. The first-order valence-electron chi connectivity index (χ1n) is 2.75. The predicted octanol–water partition coefficient (Wildman–Crippen LogP) is 0.476. The van der Waals surface area contributed by atoms with Gasteiger partial charge in [0.05, 0.1) is 0 Å². The van der Waals surface area contributed by atoms with E-state index >= 15 is 0 Å². The fourth-order valence-corrected chi connectivity index (χ4v) is 0.584. The lowest BCUT2D eigenvalue weighted by atomic mass is 10.2. The third-order valence-electron chi connectivity index (χ3n) is 1.11. The molecule has 1 radical (unpaired) electrons. The van der Waals surface area contributed by atoms with Gasteiger partial charge in [-0.25, -0.2) is 0 Å². The van der Waals surface area contributed by atoms with Crippen LogP contribution in [0.2, 0.25) is 0 Å². The molecule has 0 aromatic heterocycles. The second-order valence-electron chi connectivity index (χ2n) is 1.88. The molecule has 0 saturated carbocycles. The molecule has 0 bridgehead atoms. The van der Waals surface area contributed by atoms with E-state index in [1.807, 2.05) is 0 Å². The molecule has 0 spiro atoms. The van der Waals surface area contributed by atoms with Crippen molar-refractivity contribution < 1.29 is 5.11 Å². The Bertz CT molecular complexity index is 240. The predicted molar refractivity (Wildman–Crippen MR) is 38.0 cm³/mol. The van der Waals surface area contributed by atoms with Gasteiger partial charge >= 0.3 is 0 Å². The van der Waals surface area contributed by atoms with Gasteiger partial charge in [-0.15, -0.1) is 0 Å². The molecule has 1 aromatic rings. The first-order valence-corrected chi connectivity index (χ1v) is 2.75. The zero-order valence-electron chi connectivity index (χ0n) is 5.26. The Morgan fingerprint density at radius 2 is 2.30 bits per heavy atom. The Labute approximate surface area is 58.6 Å². The minimum Gasteiger partial charge on any atom is -0.507 e. The second kappa shape index (κ2) is 2.39. The maximum absolute atomic E-state index is 8.77. The van der Waals surface area contributed by atoms with Crippen LogP contribution < -0.4 is 5.73 Å². The van der Waals surface area contributed by atoms with Gasteiger partial charge in [0, 0.05) is 11.6 Å². The standard InChI is InChI=1S/C7H7N2O/c8-7(9)5-1-3-6(10)4-2-5/h1-3,10H,(H3,8,9). The lowest BCUT2D eigenvalue weighted by Gasteiger charge is -1.95. The van der Waals surface area contributed by atoms with E-state index in [1.54, 1.807) is 6.07 Å². The van der Waals surface area contributed by atoms with Gasteiger partial charge in [-0.2, -0.15) is 0 Å². The maximum Gasteiger partial charge on any atom is 0.123 e. The molecule has 0 fully saturated rings. The zero-order chi connectivity index (χ0) is 7.56. The van der Waals surface area contributed by atoms with Gasteiger partial charge in [0.2, 0.25) is 0 Å². The summed E-state index contributed by atoms with van der Waals surface area (Å²) in [5, 5.41) is 15.8. The Morgan fingerprint density at radius 3 is 2.70 bits per heavy atom. The summed E-state index contributed by atoms with van der Waals surface area (Å²) >= 11 is 0. The highest BCUT2D eigenvalue weighted by molar-refractivity contribution is 5.94. The highest BCUT2D eigenvalue weighted by Crippen LogP contribution is 2.07. The Kier molecular flexibility index (Phi) is 1.58. The summed E-state index contributed by atoms with van der Waals surface area (Å²) in [6.07, 6.45) is 0. The number of phenols is 1. The minimum atomic E-state index is -0.0174. The van der Waals surface area contributed by atoms with Crippen LogP contribution in [0, 0.1) is 11.5 Å². The van der Waals surface area contributed by atoms with E-state index in [9.17, 15) is 0 Å². The summed E-state index contributed by atoms with van der Waals surface area (Å²) in [6, 6.07) is 6.99. The number of hydrogen-bond donors (Lipinski definition) is 3. The second-order valence-corrected chi connectivity index (χ2v) is 1.88. The Balaban J connectivity index is 3.00. The number of rotatable bonds is 1. The molecule has 0 aliphatic rings. The normalized spacial score (nSPS) is 9.20. The summed E-state index contributed by atoms with van der Waals surface area (Å²) in [4.78, 5) is 0. The van der Waals surface area contributed by atoms with Crippen LogP contribution in [-0.2, 0) is 0 Å². The van der Waals surface area contributed by atoms with Crippen molar-refractivity contribution in [2.75, 3.05) is 0 Å². The van der Waals surface area contributed by atoms with E-state index in [-0.39, 0.29) is 11.6 Å². The molecule has 0 amide bonds. The van der Waals surface area contributed by atoms with Crippen molar-refractivity contribution in [2.24, 2.45) is 5.73 Å². The van der Waals surface area contributed by atoms with E-state index < -0.39 is 0 Å². The number of nitrogen functional groups attached to an aromatic ring is 1. The van der Waals surface area contributed by atoms with Crippen molar-refractivity contribution in [3.8, 4) is 5.75 Å². The van der Waals surface area contributed by atoms with Crippen LogP contribution in [0.1, 0.15) is 5.56 Å². The molecule has 3 heteroatoms. The average Bonchev–Trinajstić information content (AvgIpc) is 1.88. The molecule has 0 heterocycles. The molecule has 1 aromatic carbocycles. The number of amidine groups is 1. The molecular weight excluding hydrogens is 128 g/mol. The number of nitrogens with one attached hydrogen (secondary N) is 1. The van der Waals surface area contributed by atoms with Crippen LogP contribution in [-0.4, -0.2) is 10.9 Å². The van der Waals surface area contributed by atoms with Crippen molar-refractivity contribution in [3.05, 3.63) is 29.8 Å². The number of phenolic OH excluding ortho intramolecular Hbond substituents is 1.